The first kappa shape index (κ1) is 13.3. The van der Waals surface area contributed by atoms with Gasteiger partial charge in [-0.25, -0.2) is 0 Å². The zero-order chi connectivity index (χ0) is 13.4. The van der Waals surface area contributed by atoms with Crippen molar-refractivity contribution >= 4 is 34.8 Å². The average Bonchev–Trinajstić information content (AvgIpc) is 2.96. The number of carbonyl (C=O) groups excluding carboxylic acids is 1. The number of hydrogen-bond acceptors (Lipinski definition) is 1. The zero-order valence-corrected chi connectivity index (χ0v) is 12.2. The summed E-state index contributed by atoms with van der Waals surface area (Å²) in [4.78, 5) is 12.1. The first-order valence-electron chi connectivity index (χ1n) is 6.86. The molecule has 0 aromatic heterocycles. The maximum absolute atomic E-state index is 12.1. The van der Waals surface area contributed by atoms with Gasteiger partial charge in [0.05, 0.1) is 10.0 Å². The Bertz CT molecular complexity index is 503. The molecule has 0 unspecified atom stereocenters. The predicted octanol–water partition coefficient (Wildman–Crippen LogP) is 4.76. The van der Waals surface area contributed by atoms with Gasteiger partial charge >= 0.3 is 0 Å². The smallest absolute Gasteiger partial charge is 0.224 e. The molecule has 2 nitrogen and oxygen atoms in total. The normalized spacial score (nSPS) is 28.6. The molecule has 3 atom stereocenters. The van der Waals surface area contributed by atoms with E-state index >= 15 is 0 Å². The van der Waals surface area contributed by atoms with Crippen molar-refractivity contribution in [1.29, 1.82) is 0 Å². The molecule has 1 amide bonds. The van der Waals surface area contributed by atoms with E-state index < -0.39 is 0 Å². The molecule has 0 saturated heterocycles. The van der Waals surface area contributed by atoms with Gasteiger partial charge in [-0.1, -0.05) is 29.6 Å². The van der Waals surface area contributed by atoms with Crippen molar-refractivity contribution in [3.05, 3.63) is 28.2 Å². The van der Waals surface area contributed by atoms with Crippen LogP contribution in [0.2, 0.25) is 10.0 Å². The van der Waals surface area contributed by atoms with E-state index in [1.807, 2.05) is 0 Å². The molecule has 2 fully saturated rings. The third-order valence-corrected chi connectivity index (χ3v) is 5.27. The molecule has 1 aromatic rings. The van der Waals surface area contributed by atoms with Crippen molar-refractivity contribution in [2.24, 2.45) is 17.8 Å². The number of anilines is 1. The second-order valence-electron chi connectivity index (χ2n) is 5.82. The summed E-state index contributed by atoms with van der Waals surface area (Å²) in [7, 11) is 0. The van der Waals surface area contributed by atoms with E-state index in [0.29, 0.717) is 22.4 Å². The van der Waals surface area contributed by atoms with E-state index in [1.54, 1.807) is 18.2 Å². The highest BCUT2D eigenvalue weighted by atomic mass is 35.5. The lowest BCUT2D eigenvalue weighted by Crippen LogP contribution is -2.20. The molecule has 0 heterocycles. The standard InChI is InChI=1S/C15H17Cl2NO/c16-13-4-3-12(8-14(13)17)18-15(19)7-11-6-9-1-2-10(11)5-9/h3-4,8-11H,1-2,5-7H2,(H,18,19)/t9-,10-,11+/m0/s1. The molecule has 3 rings (SSSR count). The molecule has 0 spiro atoms. The minimum Gasteiger partial charge on any atom is -0.326 e. The van der Waals surface area contributed by atoms with E-state index in [9.17, 15) is 4.79 Å². The minimum absolute atomic E-state index is 0.0935. The summed E-state index contributed by atoms with van der Waals surface area (Å²) in [5, 5.41) is 3.89. The van der Waals surface area contributed by atoms with Crippen molar-refractivity contribution in [3.8, 4) is 0 Å². The maximum atomic E-state index is 12.1. The van der Waals surface area contributed by atoms with Gasteiger partial charge in [0, 0.05) is 12.1 Å². The molecule has 1 aromatic carbocycles. The highest BCUT2D eigenvalue weighted by Crippen LogP contribution is 2.49. The lowest BCUT2D eigenvalue weighted by atomic mass is 9.86. The van der Waals surface area contributed by atoms with Crippen LogP contribution in [-0.2, 0) is 4.79 Å². The van der Waals surface area contributed by atoms with Crippen LogP contribution in [-0.4, -0.2) is 5.91 Å². The van der Waals surface area contributed by atoms with E-state index in [0.717, 1.165) is 17.5 Å². The van der Waals surface area contributed by atoms with Crippen LogP contribution in [0.1, 0.15) is 32.1 Å². The van der Waals surface area contributed by atoms with Gasteiger partial charge in [-0.3, -0.25) is 4.79 Å². The molecule has 4 heteroatoms. The Kier molecular flexibility index (Phi) is 3.72. The van der Waals surface area contributed by atoms with Crippen LogP contribution < -0.4 is 5.32 Å². The quantitative estimate of drug-likeness (QED) is 0.856. The lowest BCUT2D eigenvalue weighted by molar-refractivity contribution is -0.117. The van der Waals surface area contributed by atoms with E-state index in [4.69, 9.17) is 23.2 Å². The number of halogens is 2. The molecule has 2 aliphatic carbocycles. The van der Waals surface area contributed by atoms with Crippen molar-refractivity contribution in [1.82, 2.24) is 0 Å². The van der Waals surface area contributed by atoms with E-state index in [1.165, 1.54) is 25.7 Å². The molecule has 102 valence electrons. The Hall–Kier alpha value is -0.730. The highest BCUT2D eigenvalue weighted by molar-refractivity contribution is 6.42. The van der Waals surface area contributed by atoms with Crippen LogP contribution >= 0.6 is 23.2 Å². The van der Waals surface area contributed by atoms with Gasteiger partial charge in [-0.05, 0) is 55.2 Å². The third-order valence-electron chi connectivity index (χ3n) is 4.54. The summed E-state index contributed by atoms with van der Waals surface area (Å²) < 4.78 is 0. The largest absolute Gasteiger partial charge is 0.326 e. The Balaban J connectivity index is 1.57. The van der Waals surface area contributed by atoms with Crippen LogP contribution in [0.15, 0.2) is 18.2 Å². The first-order valence-corrected chi connectivity index (χ1v) is 7.62. The Labute approximate surface area is 123 Å². The van der Waals surface area contributed by atoms with Crippen LogP contribution in [0, 0.1) is 17.8 Å². The summed E-state index contributed by atoms with van der Waals surface area (Å²) in [5.74, 6) is 2.34. The predicted molar refractivity (Wildman–Crippen MR) is 78.6 cm³/mol. The molecule has 19 heavy (non-hydrogen) atoms. The SMILES string of the molecule is O=C(C[C@H]1C[C@H]2CC[C@H]1C2)Nc1ccc(Cl)c(Cl)c1. The molecule has 2 bridgehead atoms. The van der Waals surface area contributed by atoms with Gasteiger partial charge in [-0.15, -0.1) is 0 Å². The number of hydrogen-bond donors (Lipinski definition) is 1. The zero-order valence-electron chi connectivity index (χ0n) is 10.7. The van der Waals surface area contributed by atoms with Crippen molar-refractivity contribution < 1.29 is 4.79 Å². The second kappa shape index (κ2) is 5.34. The highest BCUT2D eigenvalue weighted by Gasteiger charge is 2.40. The number of fused-ring (bicyclic) bond motifs is 2. The average molecular weight is 298 g/mol. The van der Waals surface area contributed by atoms with Crippen LogP contribution in [0.4, 0.5) is 5.69 Å². The van der Waals surface area contributed by atoms with E-state index in [2.05, 4.69) is 5.32 Å². The second-order valence-corrected chi connectivity index (χ2v) is 6.63. The monoisotopic (exact) mass is 297 g/mol. The first-order chi connectivity index (χ1) is 9.11. The maximum Gasteiger partial charge on any atom is 0.224 e. The summed E-state index contributed by atoms with van der Waals surface area (Å²) in [6, 6.07) is 5.19. The topological polar surface area (TPSA) is 29.1 Å². The lowest BCUT2D eigenvalue weighted by Gasteiger charge is -2.20. The molecular weight excluding hydrogens is 281 g/mol. The summed E-state index contributed by atoms with van der Waals surface area (Å²) in [6.07, 6.45) is 5.90. The molecular formula is C15H17Cl2NO. The Morgan fingerprint density at radius 2 is 2.05 bits per heavy atom. The van der Waals surface area contributed by atoms with Gasteiger partial charge in [0.25, 0.3) is 0 Å². The summed E-state index contributed by atoms with van der Waals surface area (Å²) in [6.45, 7) is 0. The molecule has 0 aliphatic heterocycles. The number of nitrogens with one attached hydrogen (secondary N) is 1. The van der Waals surface area contributed by atoms with E-state index in [-0.39, 0.29) is 5.91 Å². The fourth-order valence-corrected chi connectivity index (χ4v) is 3.95. The van der Waals surface area contributed by atoms with Crippen molar-refractivity contribution in [3.63, 3.8) is 0 Å². The number of carbonyl (C=O) groups is 1. The Morgan fingerprint density at radius 3 is 2.68 bits per heavy atom. The van der Waals surface area contributed by atoms with Gasteiger partial charge in [0.15, 0.2) is 0 Å². The van der Waals surface area contributed by atoms with Gasteiger partial charge in [0.2, 0.25) is 5.91 Å². The minimum atomic E-state index is 0.0935. The number of amides is 1. The fraction of sp³-hybridized carbons (Fsp3) is 0.533. The van der Waals surface area contributed by atoms with Crippen LogP contribution in [0.5, 0.6) is 0 Å². The summed E-state index contributed by atoms with van der Waals surface area (Å²) in [5.41, 5.74) is 0.725. The van der Waals surface area contributed by atoms with Crippen LogP contribution in [0.3, 0.4) is 0 Å². The van der Waals surface area contributed by atoms with Gasteiger partial charge in [-0.2, -0.15) is 0 Å². The number of rotatable bonds is 3. The molecule has 0 radical (unpaired) electrons. The van der Waals surface area contributed by atoms with Crippen molar-refractivity contribution in [2.45, 2.75) is 32.1 Å². The summed E-state index contributed by atoms with van der Waals surface area (Å²) >= 11 is 11.8. The van der Waals surface area contributed by atoms with Crippen molar-refractivity contribution in [2.75, 3.05) is 5.32 Å². The van der Waals surface area contributed by atoms with Gasteiger partial charge < -0.3 is 5.32 Å². The van der Waals surface area contributed by atoms with Crippen LogP contribution in [0.25, 0.3) is 0 Å². The molecule has 2 saturated carbocycles. The third kappa shape index (κ3) is 2.90. The van der Waals surface area contributed by atoms with Gasteiger partial charge in [0.1, 0.15) is 0 Å². The number of benzene rings is 1. The molecule has 1 N–H and O–H groups in total. The Morgan fingerprint density at radius 1 is 1.21 bits per heavy atom. The molecule has 2 aliphatic rings. The fourth-order valence-electron chi connectivity index (χ4n) is 3.65.